The predicted molar refractivity (Wildman–Crippen MR) is 88.1 cm³/mol. The van der Waals surface area contributed by atoms with Crippen LogP contribution in [0.25, 0.3) is 0 Å². The van der Waals surface area contributed by atoms with E-state index in [1.54, 1.807) is 18.0 Å². The van der Waals surface area contributed by atoms with Crippen LogP contribution in [0.2, 0.25) is 0 Å². The average molecular weight is 324 g/mol. The zero-order valence-electron chi connectivity index (χ0n) is 13.0. The number of carbonyl (C=O) groups is 1. The SMILES string of the molecule is Cn1nccc1N1CCCC(NC(=O)C2(O)CCSCC2)C1. The summed E-state index contributed by atoms with van der Waals surface area (Å²) in [5.74, 6) is 2.60. The third kappa shape index (κ3) is 3.25. The summed E-state index contributed by atoms with van der Waals surface area (Å²) >= 11 is 1.80. The number of hydrogen-bond acceptors (Lipinski definition) is 5. The number of nitrogens with zero attached hydrogens (tertiary/aromatic N) is 3. The fraction of sp³-hybridized carbons (Fsp3) is 0.733. The number of amides is 1. The van der Waals surface area contributed by atoms with Gasteiger partial charge < -0.3 is 15.3 Å². The molecule has 1 aromatic heterocycles. The van der Waals surface area contributed by atoms with Crippen LogP contribution in [0.4, 0.5) is 5.82 Å². The second-order valence-electron chi connectivity index (χ2n) is 6.22. The van der Waals surface area contributed by atoms with Gasteiger partial charge in [0.25, 0.3) is 5.91 Å². The fourth-order valence-corrected chi connectivity index (χ4v) is 4.40. The van der Waals surface area contributed by atoms with Crippen LogP contribution >= 0.6 is 11.8 Å². The van der Waals surface area contributed by atoms with E-state index in [9.17, 15) is 9.90 Å². The molecule has 1 amide bonds. The Morgan fingerprint density at radius 2 is 2.27 bits per heavy atom. The molecule has 2 aliphatic heterocycles. The molecule has 0 spiro atoms. The van der Waals surface area contributed by atoms with Gasteiger partial charge in [0.05, 0.1) is 6.20 Å². The van der Waals surface area contributed by atoms with E-state index in [4.69, 9.17) is 0 Å². The van der Waals surface area contributed by atoms with Crippen molar-refractivity contribution in [3.8, 4) is 0 Å². The van der Waals surface area contributed by atoms with Crippen molar-refractivity contribution < 1.29 is 9.90 Å². The minimum atomic E-state index is -1.17. The molecular formula is C15H24N4O2S. The Balaban J connectivity index is 1.60. The maximum absolute atomic E-state index is 12.4. The molecule has 2 saturated heterocycles. The summed E-state index contributed by atoms with van der Waals surface area (Å²) < 4.78 is 1.86. The first-order chi connectivity index (χ1) is 10.6. The lowest BCUT2D eigenvalue weighted by molar-refractivity contribution is -0.141. The third-order valence-corrected chi connectivity index (χ3v) is 5.60. The Morgan fingerprint density at radius 3 is 2.95 bits per heavy atom. The molecule has 3 heterocycles. The average Bonchev–Trinajstić information content (AvgIpc) is 2.94. The van der Waals surface area contributed by atoms with E-state index in [-0.39, 0.29) is 11.9 Å². The van der Waals surface area contributed by atoms with Crippen LogP contribution in [0.15, 0.2) is 12.3 Å². The molecule has 3 rings (SSSR count). The first-order valence-corrected chi connectivity index (χ1v) is 9.08. The van der Waals surface area contributed by atoms with E-state index in [0.29, 0.717) is 12.8 Å². The van der Waals surface area contributed by atoms with E-state index in [1.165, 1.54) is 0 Å². The van der Waals surface area contributed by atoms with Gasteiger partial charge in [-0.05, 0) is 37.2 Å². The van der Waals surface area contributed by atoms with Crippen LogP contribution < -0.4 is 10.2 Å². The van der Waals surface area contributed by atoms with Crippen molar-refractivity contribution in [2.24, 2.45) is 7.05 Å². The molecule has 2 fully saturated rings. The van der Waals surface area contributed by atoms with E-state index in [2.05, 4.69) is 15.3 Å². The topological polar surface area (TPSA) is 70.4 Å². The van der Waals surface area contributed by atoms with Crippen molar-refractivity contribution in [3.63, 3.8) is 0 Å². The normalized spacial score (nSPS) is 25.0. The van der Waals surface area contributed by atoms with Crippen molar-refractivity contribution in [1.29, 1.82) is 0 Å². The third-order valence-electron chi connectivity index (χ3n) is 4.62. The zero-order chi connectivity index (χ0) is 15.6. The highest BCUT2D eigenvalue weighted by Gasteiger charge is 2.38. The van der Waals surface area contributed by atoms with Crippen LogP contribution in [0.5, 0.6) is 0 Å². The van der Waals surface area contributed by atoms with Gasteiger partial charge in [0, 0.05) is 32.2 Å². The first kappa shape index (κ1) is 15.7. The quantitative estimate of drug-likeness (QED) is 0.859. The van der Waals surface area contributed by atoms with Gasteiger partial charge in [-0.1, -0.05) is 0 Å². The summed E-state index contributed by atoms with van der Waals surface area (Å²) in [4.78, 5) is 14.7. The van der Waals surface area contributed by atoms with Gasteiger partial charge in [-0.15, -0.1) is 0 Å². The Kier molecular flexibility index (Phi) is 4.63. The van der Waals surface area contributed by atoms with Gasteiger partial charge in [0.15, 0.2) is 0 Å². The summed E-state index contributed by atoms with van der Waals surface area (Å²) in [7, 11) is 1.93. The molecule has 6 nitrogen and oxygen atoms in total. The maximum atomic E-state index is 12.4. The predicted octanol–water partition coefficient (Wildman–Crippen LogP) is 0.763. The minimum Gasteiger partial charge on any atom is -0.380 e. The summed E-state index contributed by atoms with van der Waals surface area (Å²) in [6, 6.07) is 2.09. The van der Waals surface area contributed by atoms with Crippen molar-refractivity contribution in [2.75, 3.05) is 29.5 Å². The highest BCUT2D eigenvalue weighted by atomic mass is 32.2. The zero-order valence-corrected chi connectivity index (χ0v) is 13.8. The largest absolute Gasteiger partial charge is 0.380 e. The molecule has 1 atom stereocenters. The summed E-state index contributed by atoms with van der Waals surface area (Å²) in [6.07, 6.45) is 4.90. The van der Waals surface area contributed by atoms with Crippen molar-refractivity contribution in [1.82, 2.24) is 15.1 Å². The summed E-state index contributed by atoms with van der Waals surface area (Å²) in [6.45, 7) is 1.75. The van der Waals surface area contributed by atoms with Gasteiger partial charge in [0.1, 0.15) is 11.4 Å². The van der Waals surface area contributed by atoms with Gasteiger partial charge in [0.2, 0.25) is 0 Å². The van der Waals surface area contributed by atoms with Crippen LogP contribution in [-0.4, -0.2) is 57.0 Å². The monoisotopic (exact) mass is 324 g/mol. The number of thioether (sulfide) groups is 1. The fourth-order valence-electron chi connectivity index (χ4n) is 3.24. The van der Waals surface area contributed by atoms with E-state index in [1.807, 2.05) is 17.8 Å². The number of piperidine rings is 1. The molecule has 0 aliphatic carbocycles. The van der Waals surface area contributed by atoms with Gasteiger partial charge in [-0.25, -0.2) is 0 Å². The molecule has 0 aromatic carbocycles. The number of carbonyl (C=O) groups excluding carboxylic acids is 1. The highest BCUT2D eigenvalue weighted by Crippen LogP contribution is 2.27. The van der Waals surface area contributed by atoms with Crippen LogP contribution in [0.1, 0.15) is 25.7 Å². The number of nitrogens with one attached hydrogen (secondary N) is 1. The molecular weight excluding hydrogens is 300 g/mol. The number of anilines is 1. The molecule has 1 aromatic rings. The molecule has 0 saturated carbocycles. The second kappa shape index (κ2) is 6.50. The van der Waals surface area contributed by atoms with E-state index >= 15 is 0 Å². The number of aryl methyl sites for hydroxylation is 1. The molecule has 1 unspecified atom stereocenters. The molecule has 0 radical (unpaired) electrons. The Bertz CT molecular complexity index is 527. The van der Waals surface area contributed by atoms with Gasteiger partial charge in [-0.3, -0.25) is 9.48 Å². The van der Waals surface area contributed by atoms with Crippen LogP contribution in [0.3, 0.4) is 0 Å². The number of aromatic nitrogens is 2. The minimum absolute atomic E-state index is 0.0924. The highest BCUT2D eigenvalue weighted by molar-refractivity contribution is 7.99. The lowest BCUT2D eigenvalue weighted by atomic mass is 9.94. The smallest absolute Gasteiger partial charge is 0.252 e. The van der Waals surface area contributed by atoms with Crippen molar-refractivity contribution >= 4 is 23.5 Å². The van der Waals surface area contributed by atoms with E-state index in [0.717, 1.165) is 43.3 Å². The van der Waals surface area contributed by atoms with Crippen LogP contribution in [0, 0.1) is 0 Å². The standard InChI is InChI=1S/C15H24N4O2S/c1-18-13(4-7-16-18)19-8-2-3-12(11-19)17-14(20)15(21)5-9-22-10-6-15/h4,7,12,21H,2-3,5-6,8-11H2,1H3,(H,17,20). The number of aliphatic hydroxyl groups is 1. The van der Waals surface area contributed by atoms with Gasteiger partial charge in [-0.2, -0.15) is 16.9 Å². The summed E-state index contributed by atoms with van der Waals surface area (Å²) in [5.41, 5.74) is -1.17. The molecule has 0 bridgehead atoms. The Hall–Kier alpha value is -1.21. The van der Waals surface area contributed by atoms with E-state index < -0.39 is 5.60 Å². The molecule has 7 heteroatoms. The van der Waals surface area contributed by atoms with Crippen molar-refractivity contribution in [3.05, 3.63) is 12.3 Å². The summed E-state index contributed by atoms with van der Waals surface area (Å²) in [5, 5.41) is 17.8. The Labute approximate surface area is 135 Å². The lowest BCUT2D eigenvalue weighted by Gasteiger charge is -2.37. The first-order valence-electron chi connectivity index (χ1n) is 7.92. The molecule has 2 N–H and O–H groups in total. The molecule has 122 valence electrons. The molecule has 22 heavy (non-hydrogen) atoms. The second-order valence-corrected chi connectivity index (χ2v) is 7.44. The maximum Gasteiger partial charge on any atom is 0.252 e. The Morgan fingerprint density at radius 1 is 1.50 bits per heavy atom. The number of rotatable bonds is 3. The number of hydrogen-bond donors (Lipinski definition) is 2. The lowest BCUT2D eigenvalue weighted by Crippen LogP contribution is -2.55. The molecule has 2 aliphatic rings. The van der Waals surface area contributed by atoms with Crippen molar-refractivity contribution in [2.45, 2.75) is 37.3 Å². The van der Waals surface area contributed by atoms with Crippen LogP contribution in [-0.2, 0) is 11.8 Å². The van der Waals surface area contributed by atoms with Gasteiger partial charge >= 0.3 is 0 Å².